The van der Waals surface area contributed by atoms with E-state index < -0.39 is 0 Å². The third-order valence-electron chi connectivity index (χ3n) is 13.2. The minimum Gasteiger partial charge on any atom is -0.299 e. The lowest BCUT2D eigenvalue weighted by molar-refractivity contribution is -0.232. The number of fused-ring (bicyclic) bond motifs is 7. The fourth-order valence-corrected chi connectivity index (χ4v) is 11.3. The average Bonchev–Trinajstić information content (AvgIpc) is 3.04. The summed E-state index contributed by atoms with van der Waals surface area (Å²) in [7, 11) is 0. The maximum absolute atomic E-state index is 12.9. The molecule has 5 rings (SSSR count). The van der Waals surface area contributed by atoms with E-state index in [1.165, 1.54) is 56.9 Å². The van der Waals surface area contributed by atoms with Gasteiger partial charge in [0, 0.05) is 11.8 Å². The third kappa shape index (κ3) is 2.59. The van der Waals surface area contributed by atoms with Crippen LogP contribution in [0.1, 0.15) is 113 Å². The van der Waals surface area contributed by atoms with Crippen molar-refractivity contribution >= 4 is 5.78 Å². The van der Waals surface area contributed by atoms with Crippen LogP contribution in [0, 0.1) is 56.7 Å². The zero-order chi connectivity index (χ0) is 22.6. The van der Waals surface area contributed by atoms with Crippen LogP contribution in [0.5, 0.6) is 0 Å². The second-order valence-electron chi connectivity index (χ2n) is 14.5. The van der Waals surface area contributed by atoms with E-state index in [0.717, 1.165) is 36.5 Å². The van der Waals surface area contributed by atoms with Gasteiger partial charge < -0.3 is 0 Å². The molecule has 0 aromatic heterocycles. The smallest absolute Gasteiger partial charge is 0.138 e. The molecule has 0 aliphatic heterocycles. The second-order valence-corrected chi connectivity index (χ2v) is 14.5. The van der Waals surface area contributed by atoms with Crippen LogP contribution in [-0.2, 0) is 4.79 Å². The standard InChI is InChI=1S/C30H48O/c1-19(2)20-11-14-27(5)17-18-29(7)21(25(20)27)9-10-23-28(6)15-13-24(31)26(3,4)22(28)12-16-30(23,29)8/h20-23,25H,1,9-18H2,2-8H3/t20-,21-,22+,23-,25+,27-,28-,29+,30+/m1/s1. The van der Waals surface area contributed by atoms with E-state index >= 15 is 0 Å². The van der Waals surface area contributed by atoms with E-state index in [1.807, 2.05) is 0 Å². The Balaban J connectivity index is 1.55. The van der Waals surface area contributed by atoms with Gasteiger partial charge in [-0.05, 0) is 116 Å². The van der Waals surface area contributed by atoms with E-state index in [0.29, 0.717) is 33.4 Å². The molecule has 1 heteroatoms. The summed E-state index contributed by atoms with van der Waals surface area (Å²) in [5.74, 6) is 4.33. The van der Waals surface area contributed by atoms with Gasteiger partial charge in [0.1, 0.15) is 5.78 Å². The first-order valence-electron chi connectivity index (χ1n) is 13.5. The lowest BCUT2D eigenvalue weighted by atomic mass is 9.32. The van der Waals surface area contributed by atoms with Gasteiger partial charge in [0.25, 0.3) is 0 Å². The zero-order valence-electron chi connectivity index (χ0n) is 21.6. The Morgan fingerprint density at radius 3 is 2.19 bits per heavy atom. The zero-order valence-corrected chi connectivity index (χ0v) is 21.6. The van der Waals surface area contributed by atoms with Gasteiger partial charge in [0.15, 0.2) is 0 Å². The fourth-order valence-electron chi connectivity index (χ4n) is 11.3. The molecule has 5 saturated carbocycles. The summed E-state index contributed by atoms with van der Waals surface area (Å²) >= 11 is 0. The average molecular weight is 425 g/mol. The summed E-state index contributed by atoms with van der Waals surface area (Å²) in [5, 5.41) is 0. The van der Waals surface area contributed by atoms with Gasteiger partial charge in [0.05, 0.1) is 0 Å². The Labute approximate surface area is 192 Å². The highest BCUT2D eigenvalue weighted by atomic mass is 16.1. The van der Waals surface area contributed by atoms with Crippen molar-refractivity contribution in [2.24, 2.45) is 56.7 Å². The van der Waals surface area contributed by atoms with Crippen molar-refractivity contribution in [1.29, 1.82) is 0 Å². The molecular weight excluding hydrogens is 376 g/mol. The van der Waals surface area contributed by atoms with E-state index in [4.69, 9.17) is 0 Å². The Hall–Kier alpha value is -0.590. The van der Waals surface area contributed by atoms with Gasteiger partial charge in [-0.3, -0.25) is 4.79 Å². The number of allylic oxidation sites excluding steroid dienone is 1. The Morgan fingerprint density at radius 2 is 1.52 bits per heavy atom. The molecule has 1 nitrogen and oxygen atoms in total. The fraction of sp³-hybridized carbons (Fsp3) is 0.900. The molecule has 0 N–H and O–H groups in total. The van der Waals surface area contributed by atoms with Crippen molar-refractivity contribution in [1.82, 2.24) is 0 Å². The maximum atomic E-state index is 12.9. The quantitative estimate of drug-likeness (QED) is 0.387. The molecule has 0 spiro atoms. The minimum absolute atomic E-state index is 0.131. The first-order chi connectivity index (χ1) is 14.3. The number of Topliss-reactive ketones (excluding diaryl/α,β-unsaturated/α-hetero) is 1. The van der Waals surface area contributed by atoms with E-state index in [1.54, 1.807) is 0 Å². The van der Waals surface area contributed by atoms with Crippen molar-refractivity contribution in [2.75, 3.05) is 0 Å². The van der Waals surface area contributed by atoms with Crippen molar-refractivity contribution in [2.45, 2.75) is 113 Å². The van der Waals surface area contributed by atoms with Gasteiger partial charge in [0.2, 0.25) is 0 Å². The van der Waals surface area contributed by atoms with Crippen molar-refractivity contribution in [3.8, 4) is 0 Å². The molecule has 5 fully saturated rings. The van der Waals surface area contributed by atoms with Gasteiger partial charge in [-0.1, -0.05) is 53.7 Å². The van der Waals surface area contributed by atoms with Crippen molar-refractivity contribution in [3.63, 3.8) is 0 Å². The van der Waals surface area contributed by atoms with E-state index in [9.17, 15) is 4.79 Å². The van der Waals surface area contributed by atoms with Crippen molar-refractivity contribution < 1.29 is 4.79 Å². The number of hydrogen-bond donors (Lipinski definition) is 0. The predicted molar refractivity (Wildman–Crippen MR) is 130 cm³/mol. The SMILES string of the molecule is C=C(C)[C@H]1CC[C@]2(C)CC[C@@]3(C)[C@H](CC[C@@H]4[C@]5(C)CCC(=O)C(C)(C)[C@@H]5CC[C@@]43C)[C@H]12. The summed E-state index contributed by atoms with van der Waals surface area (Å²) in [5.41, 5.74) is 3.06. The molecule has 5 aliphatic rings. The lowest BCUT2D eigenvalue weighted by Crippen LogP contribution is -2.66. The second kappa shape index (κ2) is 6.50. The molecule has 0 saturated heterocycles. The number of carbonyl (C=O) groups excluding carboxylic acids is 1. The number of ketones is 1. The number of carbonyl (C=O) groups is 1. The highest BCUT2D eigenvalue weighted by Crippen LogP contribution is 2.77. The van der Waals surface area contributed by atoms with Crippen LogP contribution in [0.3, 0.4) is 0 Å². The summed E-state index contributed by atoms with van der Waals surface area (Å²) in [6.07, 6.45) is 13.0. The third-order valence-corrected chi connectivity index (χ3v) is 13.2. The summed E-state index contributed by atoms with van der Waals surface area (Å²) in [6.45, 7) is 22.0. The molecule has 9 atom stereocenters. The molecule has 0 unspecified atom stereocenters. The number of rotatable bonds is 1. The maximum Gasteiger partial charge on any atom is 0.138 e. The van der Waals surface area contributed by atoms with E-state index in [2.05, 4.69) is 55.0 Å². The lowest BCUT2D eigenvalue weighted by Gasteiger charge is -2.72. The monoisotopic (exact) mass is 424 g/mol. The van der Waals surface area contributed by atoms with Crippen LogP contribution in [-0.4, -0.2) is 5.78 Å². The molecule has 0 aromatic rings. The van der Waals surface area contributed by atoms with Gasteiger partial charge in [-0.2, -0.15) is 0 Å². The Bertz CT molecular complexity index is 807. The summed E-state index contributed by atoms with van der Waals surface area (Å²) < 4.78 is 0. The van der Waals surface area contributed by atoms with Gasteiger partial charge >= 0.3 is 0 Å². The normalized spacial score (nSPS) is 55.6. The predicted octanol–water partition coefficient (Wildman–Crippen LogP) is 8.23. The van der Waals surface area contributed by atoms with Gasteiger partial charge in [-0.25, -0.2) is 0 Å². The van der Waals surface area contributed by atoms with Crippen LogP contribution in [0.4, 0.5) is 0 Å². The molecule has 5 aliphatic carbocycles. The molecule has 0 bridgehead atoms. The van der Waals surface area contributed by atoms with Crippen LogP contribution in [0.15, 0.2) is 12.2 Å². The molecule has 174 valence electrons. The Morgan fingerprint density at radius 1 is 0.806 bits per heavy atom. The highest BCUT2D eigenvalue weighted by molar-refractivity contribution is 5.85. The first-order valence-corrected chi connectivity index (χ1v) is 13.5. The van der Waals surface area contributed by atoms with Gasteiger partial charge in [-0.15, -0.1) is 0 Å². The Kier molecular flexibility index (Phi) is 4.66. The molecular formula is C30H48O. The minimum atomic E-state index is -0.131. The highest BCUT2D eigenvalue weighted by Gasteiger charge is 2.70. The topological polar surface area (TPSA) is 17.1 Å². The number of hydrogen-bond acceptors (Lipinski definition) is 1. The van der Waals surface area contributed by atoms with E-state index in [-0.39, 0.29) is 5.41 Å². The summed E-state index contributed by atoms with van der Waals surface area (Å²) in [4.78, 5) is 12.9. The molecule has 0 radical (unpaired) electrons. The van der Waals surface area contributed by atoms with Crippen LogP contribution < -0.4 is 0 Å². The summed E-state index contributed by atoms with van der Waals surface area (Å²) in [6, 6.07) is 0. The first kappa shape index (κ1) is 22.2. The van der Waals surface area contributed by atoms with Crippen molar-refractivity contribution in [3.05, 3.63) is 12.2 Å². The largest absolute Gasteiger partial charge is 0.299 e. The molecule has 31 heavy (non-hydrogen) atoms. The molecule has 0 amide bonds. The van der Waals surface area contributed by atoms with Crippen LogP contribution in [0.25, 0.3) is 0 Å². The molecule has 0 heterocycles. The van der Waals surface area contributed by atoms with Crippen LogP contribution >= 0.6 is 0 Å². The van der Waals surface area contributed by atoms with Crippen LogP contribution in [0.2, 0.25) is 0 Å². The molecule has 0 aromatic carbocycles.